The molecule has 0 fully saturated rings. The maximum atomic E-state index is 8.88. The summed E-state index contributed by atoms with van der Waals surface area (Å²) < 4.78 is 51.8. The van der Waals surface area contributed by atoms with Gasteiger partial charge in [0.05, 0.1) is 0 Å². The first-order chi connectivity index (χ1) is 6.00. The van der Waals surface area contributed by atoms with E-state index in [2.05, 4.69) is 0 Å². The van der Waals surface area contributed by atoms with Crippen molar-refractivity contribution in [1.29, 1.82) is 0 Å². The summed E-state index contributed by atoms with van der Waals surface area (Å²) in [4.78, 5) is 43.1. The zero-order valence-electron chi connectivity index (χ0n) is 8.44. The molecule has 0 spiro atoms. The molecule has 17 heavy (non-hydrogen) atoms. The maximum Gasteiger partial charge on any atom is 1.00 e. The van der Waals surface area contributed by atoms with Crippen LogP contribution in [0, 0.1) is 0 Å². The van der Waals surface area contributed by atoms with Crippen LogP contribution >= 0.6 is 15.6 Å². The summed E-state index contributed by atoms with van der Waals surface area (Å²) in [5.74, 6) is 0. The van der Waals surface area contributed by atoms with Crippen molar-refractivity contribution in [2.24, 2.45) is 0 Å². The molecule has 104 valence electrons. The molecule has 0 heterocycles. The van der Waals surface area contributed by atoms with E-state index in [-0.39, 0.29) is 35.7 Å². The summed E-state index contributed by atoms with van der Waals surface area (Å²) in [6, 6.07) is 0. The van der Waals surface area contributed by atoms with Crippen LogP contribution in [0.4, 0.5) is 0 Å². The molecule has 17 heteroatoms. The third kappa shape index (κ3) is 3500. The van der Waals surface area contributed by atoms with Crippen LogP contribution in [-0.2, 0) is 19.5 Å². The minimum atomic E-state index is -5.17. The molecule has 0 radical (unpaired) electrons. The normalized spacial score (nSPS) is 10.4. The fourth-order valence-electron chi connectivity index (χ4n) is 0. The van der Waals surface area contributed by atoms with Gasteiger partial charge in [0.1, 0.15) is 0 Å². The van der Waals surface area contributed by atoms with Crippen molar-refractivity contribution in [2.75, 3.05) is 0 Å². The molecule has 0 aliphatic heterocycles. The third-order valence-corrected chi connectivity index (χ3v) is 0. The molecule has 0 aromatic carbocycles. The van der Waals surface area contributed by atoms with Gasteiger partial charge in [0.15, 0.2) is 0 Å². The second-order valence-corrected chi connectivity index (χ2v) is 4.30. The Labute approximate surface area is 117 Å². The average Bonchev–Trinajstić information content (AvgIpc) is 1.41. The zero-order valence-corrected chi connectivity index (χ0v) is 13.0. The van der Waals surface area contributed by atoms with Gasteiger partial charge in [0.25, 0.3) is 0 Å². The van der Waals surface area contributed by atoms with Crippen molar-refractivity contribution in [3.05, 3.63) is 0 Å². The third-order valence-electron chi connectivity index (χ3n) is 0. The van der Waals surface area contributed by atoms with Crippen LogP contribution in [0.5, 0.6) is 0 Å². The van der Waals surface area contributed by atoms with E-state index >= 15 is 0 Å². The molecule has 0 amide bonds. The maximum absolute atomic E-state index is 8.88. The molecule has 13 nitrogen and oxygen atoms in total. The number of hydrogen-bond donors (Lipinski definition) is 7. The van der Waals surface area contributed by atoms with Crippen LogP contribution in [0.1, 0.15) is 0 Å². The minimum Gasteiger partial charge on any atom is -0.759 e. The number of rotatable bonds is 0. The van der Waals surface area contributed by atoms with E-state index < -0.39 is 26.0 Å². The molecular formula is H10NNaO12P2S. The number of quaternary nitrogens is 1. The zero-order chi connectivity index (χ0) is 13.5. The molecule has 0 aromatic rings. The van der Waals surface area contributed by atoms with E-state index in [1.165, 1.54) is 0 Å². The van der Waals surface area contributed by atoms with Gasteiger partial charge >= 0.3 is 45.2 Å². The molecule has 10 N–H and O–H groups in total. The molecular weight excluding hydrogens is 323 g/mol. The second-order valence-electron chi connectivity index (χ2n) is 1.43. The van der Waals surface area contributed by atoms with Crippen molar-refractivity contribution in [1.82, 2.24) is 6.15 Å². The molecule has 0 saturated heterocycles. The molecule has 0 rings (SSSR count). The molecule has 0 atom stereocenters. The van der Waals surface area contributed by atoms with Crippen LogP contribution in [0.25, 0.3) is 0 Å². The Balaban J connectivity index is -0.0000000400. The average molecular weight is 333 g/mol. The van der Waals surface area contributed by atoms with Gasteiger partial charge in [-0.15, -0.1) is 0 Å². The predicted octanol–water partition coefficient (Wildman–Crippen LogP) is -5.81. The van der Waals surface area contributed by atoms with Gasteiger partial charge in [-0.25, -0.2) is 9.13 Å². The first-order valence-electron chi connectivity index (χ1n) is 2.23. The monoisotopic (exact) mass is 333 g/mol. The van der Waals surface area contributed by atoms with E-state index in [4.69, 9.17) is 56.0 Å². The fourth-order valence-corrected chi connectivity index (χ4v) is 0. The topological polar surface area (TPSA) is 272 Å². The molecule has 0 aliphatic rings. The number of hydrogen-bond acceptors (Lipinski definition) is 6. The van der Waals surface area contributed by atoms with Crippen LogP contribution in [0.2, 0.25) is 0 Å². The van der Waals surface area contributed by atoms with Crippen LogP contribution < -0.4 is 35.7 Å². The van der Waals surface area contributed by atoms with E-state index in [1.807, 2.05) is 0 Å². The minimum absolute atomic E-state index is 0. The molecule has 0 bridgehead atoms. The molecule has 0 aliphatic carbocycles. The smallest absolute Gasteiger partial charge is 0.759 e. The Morgan fingerprint density at radius 3 is 0.765 bits per heavy atom. The van der Waals surface area contributed by atoms with Gasteiger partial charge in [-0.3, -0.25) is 8.42 Å². The van der Waals surface area contributed by atoms with Crippen molar-refractivity contribution in [2.45, 2.75) is 0 Å². The molecule has 0 unspecified atom stereocenters. The standard InChI is InChI=1S/H3N.Na.2H3O4P.H2O4S/c;;3*1-5(2,3)4/h1H3;;2*(H3,1,2,3,4);(H2,1,2,3,4)/q;+1;;;/p-1. The molecule has 0 aromatic heterocycles. The Bertz CT molecular complexity index is 289. The van der Waals surface area contributed by atoms with E-state index in [9.17, 15) is 0 Å². The summed E-state index contributed by atoms with van der Waals surface area (Å²) in [6.45, 7) is 0. The van der Waals surface area contributed by atoms with Crippen LogP contribution in [0.15, 0.2) is 0 Å². The van der Waals surface area contributed by atoms with E-state index in [0.29, 0.717) is 0 Å². The van der Waals surface area contributed by atoms with Gasteiger partial charge in [0.2, 0.25) is 0 Å². The van der Waals surface area contributed by atoms with Gasteiger partial charge in [-0.05, 0) is 0 Å². The van der Waals surface area contributed by atoms with Crippen LogP contribution in [0.3, 0.4) is 0 Å². The van der Waals surface area contributed by atoms with Crippen molar-refractivity contribution >= 4 is 26.0 Å². The van der Waals surface area contributed by atoms with Crippen molar-refractivity contribution in [3.8, 4) is 0 Å². The Morgan fingerprint density at radius 1 is 0.765 bits per heavy atom. The van der Waals surface area contributed by atoms with Gasteiger partial charge in [-0.2, -0.15) is 0 Å². The summed E-state index contributed by atoms with van der Waals surface area (Å²) in [7, 11) is -14.4. The van der Waals surface area contributed by atoms with E-state index in [1.54, 1.807) is 0 Å². The Hall–Kier alpha value is 1.05. The van der Waals surface area contributed by atoms with Gasteiger partial charge in [-0.1, -0.05) is 0 Å². The summed E-state index contributed by atoms with van der Waals surface area (Å²) in [5, 5.41) is 0. The summed E-state index contributed by atoms with van der Waals surface area (Å²) >= 11 is 0. The van der Waals surface area contributed by atoms with Gasteiger partial charge in [0, 0.05) is 10.4 Å². The number of phosphoric acid groups is 2. The summed E-state index contributed by atoms with van der Waals surface area (Å²) in [5.41, 5.74) is 0. The summed E-state index contributed by atoms with van der Waals surface area (Å²) in [6.07, 6.45) is 0. The SMILES string of the molecule is O=P(O)(O)O.O=P(O)(O)O.O=S(=O)([O-])[O-].[NH4+].[Na+]. The van der Waals surface area contributed by atoms with Gasteiger partial charge < -0.3 is 44.6 Å². The first-order valence-corrected chi connectivity index (χ1v) is 6.70. The van der Waals surface area contributed by atoms with Crippen molar-refractivity contribution in [3.63, 3.8) is 0 Å². The predicted molar refractivity (Wildman–Crippen MR) is 45.0 cm³/mol. The molecule has 0 saturated carbocycles. The quantitative estimate of drug-likeness (QED) is 0.0944. The second kappa shape index (κ2) is 12.1. The Kier molecular flexibility index (Phi) is 21.9. The fraction of sp³-hybridized carbons (Fsp3) is 0. The Morgan fingerprint density at radius 2 is 0.765 bits per heavy atom. The van der Waals surface area contributed by atoms with Crippen molar-refractivity contribution < 1.29 is 85.6 Å². The van der Waals surface area contributed by atoms with E-state index in [0.717, 1.165) is 0 Å². The van der Waals surface area contributed by atoms with Crippen LogP contribution in [-0.4, -0.2) is 46.9 Å². The largest absolute Gasteiger partial charge is 1.00 e. The first kappa shape index (κ1) is 30.8.